The van der Waals surface area contributed by atoms with Gasteiger partial charge < -0.3 is 20.5 Å². The Morgan fingerprint density at radius 2 is 2.02 bits per heavy atom. The summed E-state index contributed by atoms with van der Waals surface area (Å²) in [5.41, 5.74) is 8.33. The van der Waals surface area contributed by atoms with Crippen LogP contribution in [0.15, 0.2) is 42.7 Å². The summed E-state index contributed by atoms with van der Waals surface area (Å²) in [7, 11) is 0. The van der Waals surface area contributed by atoms with Crippen molar-refractivity contribution in [3.05, 3.63) is 65.2 Å². The van der Waals surface area contributed by atoms with E-state index in [0.29, 0.717) is 54.4 Å². The standard InChI is InChI=1S/C28H30N8O5/c1-4-35-20(11-15(2)34-35)25(38)33-26-32-19-12-18(24(29)37)13-21-23(19)36(26)28(14-22(28)41-21)7-10-31-27(39)40-16(3)17-5-8-30-9-6-17/h5-6,8-9,11-13,16,22H,4,7,10,14H2,1-3H3,(H2,29,37)(H,31,39)(H,32,33,38)/t16-,22?,28+/m0/s1. The topological polar surface area (TPSA) is 168 Å². The Balaban J connectivity index is 1.27. The number of nitrogens with two attached hydrogens (primary N) is 1. The third-order valence-electron chi connectivity index (χ3n) is 7.64. The number of aryl methyl sites for hydroxylation is 2. The Hall–Kier alpha value is -4.94. The summed E-state index contributed by atoms with van der Waals surface area (Å²) in [6, 6.07) is 8.49. The summed E-state index contributed by atoms with van der Waals surface area (Å²) in [6.07, 6.45) is 3.18. The number of pyridine rings is 1. The van der Waals surface area contributed by atoms with Crippen LogP contribution >= 0.6 is 0 Å². The number of carbonyl (C=O) groups is 3. The summed E-state index contributed by atoms with van der Waals surface area (Å²) in [4.78, 5) is 46.6. The highest BCUT2D eigenvalue weighted by molar-refractivity contribution is 6.04. The summed E-state index contributed by atoms with van der Waals surface area (Å²) in [5, 5.41) is 10.2. The zero-order chi connectivity index (χ0) is 28.9. The van der Waals surface area contributed by atoms with Crippen LogP contribution in [0.1, 0.15) is 64.9 Å². The number of benzene rings is 1. The van der Waals surface area contributed by atoms with Crippen LogP contribution in [0.5, 0.6) is 5.75 Å². The van der Waals surface area contributed by atoms with Gasteiger partial charge in [0.05, 0.1) is 16.7 Å². The number of hydrogen-bond acceptors (Lipinski definition) is 8. The SMILES string of the molecule is CCn1nc(C)cc1C(=O)Nc1nc2cc(C(N)=O)cc3c2n1[C@]1(CCNC(=O)O[C@@H](C)c2ccncc2)CC1O3. The molecule has 3 amide bonds. The highest BCUT2D eigenvalue weighted by atomic mass is 16.6. The Morgan fingerprint density at radius 3 is 2.76 bits per heavy atom. The monoisotopic (exact) mass is 558 g/mol. The third-order valence-corrected chi connectivity index (χ3v) is 7.64. The molecule has 0 radical (unpaired) electrons. The van der Waals surface area contributed by atoms with Crippen LogP contribution in [0.4, 0.5) is 10.7 Å². The lowest BCUT2D eigenvalue weighted by Crippen LogP contribution is -2.35. The van der Waals surface area contributed by atoms with Crippen LogP contribution in [-0.4, -0.2) is 54.9 Å². The zero-order valence-corrected chi connectivity index (χ0v) is 22.9. The average molecular weight is 559 g/mol. The first-order valence-electron chi connectivity index (χ1n) is 13.4. The largest absolute Gasteiger partial charge is 0.486 e. The molecule has 1 fully saturated rings. The molecule has 13 heteroatoms. The van der Waals surface area contributed by atoms with Crippen LogP contribution < -0.4 is 21.1 Å². The molecule has 1 aromatic carbocycles. The second-order valence-electron chi connectivity index (χ2n) is 10.3. The van der Waals surface area contributed by atoms with Gasteiger partial charge in [-0.1, -0.05) is 0 Å². The molecule has 13 nitrogen and oxygen atoms in total. The van der Waals surface area contributed by atoms with Gasteiger partial charge in [-0.05, 0) is 63.1 Å². The first-order valence-corrected chi connectivity index (χ1v) is 13.4. The van der Waals surface area contributed by atoms with Crippen LogP contribution in [-0.2, 0) is 16.8 Å². The Labute approximate surface area is 235 Å². The minimum Gasteiger partial charge on any atom is -0.486 e. The number of carbonyl (C=O) groups excluding carboxylic acids is 3. The molecular formula is C28H30N8O5. The van der Waals surface area contributed by atoms with E-state index in [1.807, 2.05) is 18.4 Å². The predicted molar refractivity (Wildman–Crippen MR) is 148 cm³/mol. The van der Waals surface area contributed by atoms with E-state index in [1.165, 1.54) is 0 Å². The number of rotatable bonds is 9. The molecule has 1 saturated carbocycles. The van der Waals surface area contributed by atoms with E-state index in [9.17, 15) is 14.4 Å². The van der Waals surface area contributed by atoms with Gasteiger partial charge in [0.2, 0.25) is 11.9 Å². The normalized spacial score (nSPS) is 19.1. The van der Waals surface area contributed by atoms with Crippen molar-refractivity contribution >= 4 is 34.9 Å². The lowest BCUT2D eigenvalue weighted by atomic mass is 10.1. The number of ether oxygens (including phenoxy) is 2. The highest BCUT2D eigenvalue weighted by Crippen LogP contribution is 2.56. The van der Waals surface area contributed by atoms with E-state index in [1.54, 1.807) is 54.3 Å². The number of aromatic nitrogens is 5. The van der Waals surface area contributed by atoms with Crippen molar-refractivity contribution in [3.8, 4) is 5.75 Å². The number of primary amides is 1. The molecule has 212 valence electrons. The highest BCUT2D eigenvalue weighted by Gasteiger charge is 2.62. The molecule has 0 saturated heterocycles. The van der Waals surface area contributed by atoms with Crippen LogP contribution in [0.25, 0.3) is 11.0 Å². The first kappa shape index (κ1) is 26.3. The quantitative estimate of drug-likeness (QED) is 0.282. The fraction of sp³-hybridized carbons (Fsp3) is 0.357. The zero-order valence-electron chi connectivity index (χ0n) is 22.9. The predicted octanol–water partition coefficient (Wildman–Crippen LogP) is 3.04. The Bertz CT molecular complexity index is 1680. The van der Waals surface area contributed by atoms with Gasteiger partial charge in [-0.2, -0.15) is 5.10 Å². The van der Waals surface area contributed by atoms with Crippen molar-refractivity contribution in [1.29, 1.82) is 0 Å². The molecule has 3 atom stereocenters. The maximum atomic E-state index is 13.4. The van der Waals surface area contributed by atoms with E-state index < -0.39 is 23.6 Å². The van der Waals surface area contributed by atoms with E-state index in [0.717, 1.165) is 11.3 Å². The number of amides is 3. The van der Waals surface area contributed by atoms with Gasteiger partial charge in [0, 0.05) is 37.5 Å². The maximum Gasteiger partial charge on any atom is 0.407 e. The lowest BCUT2D eigenvalue weighted by molar-refractivity contribution is 0.0995. The molecule has 3 aromatic heterocycles. The number of fused-ring (bicyclic) bond motifs is 2. The molecular weight excluding hydrogens is 528 g/mol. The Kier molecular flexibility index (Phi) is 6.36. The molecule has 0 bridgehead atoms. The lowest BCUT2D eigenvalue weighted by Gasteiger charge is -2.27. The Morgan fingerprint density at radius 1 is 1.24 bits per heavy atom. The number of anilines is 1. The second kappa shape index (κ2) is 9.91. The number of hydrogen-bond donors (Lipinski definition) is 3. The van der Waals surface area contributed by atoms with Gasteiger partial charge in [-0.25, -0.2) is 9.78 Å². The van der Waals surface area contributed by atoms with Crippen molar-refractivity contribution < 1.29 is 23.9 Å². The molecule has 4 N–H and O–H groups in total. The van der Waals surface area contributed by atoms with Gasteiger partial charge in [-0.15, -0.1) is 0 Å². The number of nitrogens with one attached hydrogen (secondary N) is 2. The van der Waals surface area contributed by atoms with Gasteiger partial charge in [0.1, 0.15) is 29.2 Å². The van der Waals surface area contributed by atoms with Gasteiger partial charge >= 0.3 is 6.09 Å². The van der Waals surface area contributed by atoms with E-state index in [4.69, 9.17) is 15.2 Å². The van der Waals surface area contributed by atoms with Crippen molar-refractivity contribution in [2.45, 2.75) is 57.9 Å². The first-order chi connectivity index (χ1) is 19.7. The molecule has 41 heavy (non-hydrogen) atoms. The minimum absolute atomic E-state index is 0.247. The summed E-state index contributed by atoms with van der Waals surface area (Å²) >= 11 is 0. The van der Waals surface area contributed by atoms with Gasteiger partial charge in [0.15, 0.2) is 0 Å². The second-order valence-corrected chi connectivity index (χ2v) is 10.3. The van der Waals surface area contributed by atoms with E-state index >= 15 is 0 Å². The smallest absolute Gasteiger partial charge is 0.407 e. The van der Waals surface area contributed by atoms with Crippen molar-refractivity contribution in [1.82, 2.24) is 29.6 Å². The number of nitrogens with zero attached hydrogens (tertiary/aromatic N) is 5. The fourth-order valence-corrected chi connectivity index (χ4v) is 5.52. The summed E-state index contributed by atoms with van der Waals surface area (Å²) in [5.74, 6) is -0.184. The van der Waals surface area contributed by atoms with Gasteiger partial charge in [-0.3, -0.25) is 29.1 Å². The van der Waals surface area contributed by atoms with Crippen LogP contribution in [0.2, 0.25) is 0 Å². The van der Waals surface area contributed by atoms with Crippen LogP contribution in [0.3, 0.4) is 0 Å². The molecule has 1 aliphatic heterocycles. The summed E-state index contributed by atoms with van der Waals surface area (Å²) in [6.45, 7) is 6.35. The molecule has 1 unspecified atom stereocenters. The summed E-state index contributed by atoms with van der Waals surface area (Å²) < 4.78 is 15.4. The molecule has 4 aromatic rings. The molecule has 0 spiro atoms. The number of alkyl carbamates (subject to hydrolysis) is 1. The molecule has 6 rings (SSSR count). The van der Waals surface area contributed by atoms with E-state index in [-0.39, 0.29) is 17.6 Å². The maximum absolute atomic E-state index is 13.4. The van der Waals surface area contributed by atoms with Gasteiger partial charge in [0.25, 0.3) is 5.91 Å². The van der Waals surface area contributed by atoms with Crippen molar-refractivity contribution in [2.24, 2.45) is 5.73 Å². The molecule has 4 heterocycles. The molecule has 1 aliphatic carbocycles. The van der Waals surface area contributed by atoms with Crippen molar-refractivity contribution in [3.63, 3.8) is 0 Å². The van der Waals surface area contributed by atoms with Crippen molar-refractivity contribution in [2.75, 3.05) is 11.9 Å². The number of imidazole rings is 1. The molecule has 2 aliphatic rings. The van der Waals surface area contributed by atoms with E-state index in [2.05, 4.69) is 25.7 Å². The minimum atomic E-state index is -0.606. The third kappa shape index (κ3) is 4.62. The van der Waals surface area contributed by atoms with Crippen LogP contribution in [0, 0.1) is 6.92 Å². The average Bonchev–Trinajstić information content (AvgIpc) is 3.32. The fourth-order valence-electron chi connectivity index (χ4n) is 5.52.